The number of nitrogens with one attached hydrogen (secondary N) is 1. The van der Waals surface area contributed by atoms with E-state index in [1.807, 2.05) is 24.8 Å². The third-order valence-electron chi connectivity index (χ3n) is 4.43. The summed E-state index contributed by atoms with van der Waals surface area (Å²) in [6, 6.07) is 8.66. The fourth-order valence-corrected chi connectivity index (χ4v) is 3.52. The van der Waals surface area contributed by atoms with Crippen LogP contribution >= 0.6 is 27.5 Å². The lowest BCUT2D eigenvalue weighted by molar-refractivity contribution is -0.134. The predicted molar refractivity (Wildman–Crippen MR) is 109 cm³/mol. The van der Waals surface area contributed by atoms with Crippen molar-refractivity contribution in [2.75, 3.05) is 36.4 Å². The molecule has 1 aliphatic heterocycles. The number of benzene rings is 1. The molecule has 1 fully saturated rings. The minimum Gasteiger partial charge on any atom is -0.444 e. The Morgan fingerprint density at radius 3 is 2.44 bits per heavy atom. The lowest BCUT2D eigenvalue weighted by Gasteiger charge is -2.37. The summed E-state index contributed by atoms with van der Waals surface area (Å²) in [7, 11) is 0. The second kappa shape index (κ2) is 8.35. The van der Waals surface area contributed by atoms with Gasteiger partial charge in [-0.25, -0.2) is 0 Å². The van der Waals surface area contributed by atoms with Crippen molar-refractivity contribution in [1.29, 1.82) is 0 Å². The molecule has 144 valence electrons. The molecule has 2 amide bonds. The Labute approximate surface area is 171 Å². The smallest absolute Gasteiger partial charge is 0.291 e. The molecule has 0 spiro atoms. The van der Waals surface area contributed by atoms with Crippen LogP contribution in [0.25, 0.3) is 0 Å². The fourth-order valence-electron chi connectivity index (χ4n) is 3.04. The highest BCUT2D eigenvalue weighted by Gasteiger charge is 2.24. The molecular weight excluding hydrogens is 434 g/mol. The monoisotopic (exact) mass is 453 g/mol. The summed E-state index contributed by atoms with van der Waals surface area (Å²) < 4.78 is 5.80. The third kappa shape index (κ3) is 4.65. The molecule has 6 nitrogen and oxygen atoms in total. The molecule has 3 rings (SSSR count). The summed E-state index contributed by atoms with van der Waals surface area (Å²) in [6.45, 7) is 6.50. The summed E-state index contributed by atoms with van der Waals surface area (Å²) in [4.78, 5) is 28.7. The van der Waals surface area contributed by atoms with Crippen LogP contribution in [0.3, 0.4) is 0 Å². The van der Waals surface area contributed by atoms with Gasteiger partial charge in [0.1, 0.15) is 0 Å². The number of rotatable bonds is 4. The lowest BCUT2D eigenvalue weighted by Crippen LogP contribution is -2.50. The number of hydrogen-bond donors (Lipinski definition) is 1. The van der Waals surface area contributed by atoms with E-state index in [0.717, 1.165) is 5.69 Å². The Morgan fingerprint density at radius 2 is 1.85 bits per heavy atom. The van der Waals surface area contributed by atoms with Crippen LogP contribution in [0.5, 0.6) is 0 Å². The average molecular weight is 455 g/mol. The largest absolute Gasteiger partial charge is 0.444 e. The first-order chi connectivity index (χ1) is 12.8. The highest BCUT2D eigenvalue weighted by molar-refractivity contribution is 9.10. The summed E-state index contributed by atoms with van der Waals surface area (Å²) in [5.41, 5.74) is 1.48. The number of anilines is 2. The molecular formula is C19H21BrClN3O3. The molecule has 0 radical (unpaired) electrons. The molecule has 1 aromatic carbocycles. The van der Waals surface area contributed by atoms with Crippen LogP contribution in [0.15, 0.2) is 39.4 Å². The maximum absolute atomic E-state index is 12.4. The Bertz CT molecular complexity index is 844. The minimum atomic E-state index is -0.349. The van der Waals surface area contributed by atoms with Crippen LogP contribution in [0.4, 0.5) is 11.4 Å². The van der Waals surface area contributed by atoms with E-state index in [4.69, 9.17) is 16.0 Å². The highest BCUT2D eigenvalue weighted by Crippen LogP contribution is 2.31. The van der Waals surface area contributed by atoms with Crippen molar-refractivity contribution >= 4 is 50.7 Å². The predicted octanol–water partition coefficient (Wildman–Crippen LogP) is 4.25. The number of carbonyl (C=O) groups is 2. The maximum Gasteiger partial charge on any atom is 0.291 e. The first-order valence-corrected chi connectivity index (χ1v) is 9.92. The van der Waals surface area contributed by atoms with Crippen molar-refractivity contribution in [3.8, 4) is 0 Å². The van der Waals surface area contributed by atoms with Gasteiger partial charge in [-0.05, 0) is 46.3 Å². The summed E-state index contributed by atoms with van der Waals surface area (Å²) in [5, 5.41) is 3.40. The molecule has 0 bridgehead atoms. The van der Waals surface area contributed by atoms with Gasteiger partial charge in [0.25, 0.3) is 5.91 Å². The molecule has 2 aromatic rings. The van der Waals surface area contributed by atoms with E-state index in [9.17, 15) is 9.59 Å². The first kappa shape index (κ1) is 19.8. The van der Waals surface area contributed by atoms with E-state index in [1.165, 1.54) is 0 Å². The molecule has 27 heavy (non-hydrogen) atoms. The Morgan fingerprint density at radius 1 is 1.15 bits per heavy atom. The number of piperazine rings is 1. The van der Waals surface area contributed by atoms with Crippen LogP contribution in [-0.2, 0) is 4.79 Å². The van der Waals surface area contributed by atoms with Crippen LogP contribution in [-0.4, -0.2) is 42.9 Å². The maximum atomic E-state index is 12.4. The molecule has 0 atom stereocenters. The van der Waals surface area contributed by atoms with Gasteiger partial charge in [-0.1, -0.05) is 25.4 Å². The standard InChI is InChI=1S/C19H21BrClN3O3/c1-12(2)19(26)24-9-7-23(8-10-24)15-4-3-13(21)11-14(15)22-18(25)16-5-6-17(20)27-16/h3-6,11-12H,7-10H2,1-2H3,(H,22,25). The number of amides is 2. The second-order valence-corrected chi connectivity index (χ2v) is 7.90. The number of hydrogen-bond acceptors (Lipinski definition) is 4. The third-order valence-corrected chi connectivity index (χ3v) is 5.09. The molecule has 1 aliphatic rings. The zero-order valence-electron chi connectivity index (χ0n) is 15.2. The second-order valence-electron chi connectivity index (χ2n) is 6.69. The van der Waals surface area contributed by atoms with Crippen molar-refractivity contribution in [2.45, 2.75) is 13.8 Å². The normalized spacial score (nSPS) is 14.6. The fraction of sp³-hybridized carbons (Fsp3) is 0.368. The SMILES string of the molecule is CC(C)C(=O)N1CCN(c2ccc(Cl)cc2NC(=O)c2ccc(Br)o2)CC1. The summed E-state index contributed by atoms with van der Waals surface area (Å²) in [6.07, 6.45) is 0. The van der Waals surface area contributed by atoms with Gasteiger partial charge in [0.05, 0.1) is 11.4 Å². The quantitative estimate of drug-likeness (QED) is 0.750. The number of nitrogens with zero attached hydrogens (tertiary/aromatic N) is 2. The topological polar surface area (TPSA) is 65.8 Å². The Kier molecular flexibility index (Phi) is 6.11. The molecule has 1 saturated heterocycles. The molecule has 0 aliphatic carbocycles. The Balaban J connectivity index is 1.75. The van der Waals surface area contributed by atoms with Gasteiger partial charge in [0.2, 0.25) is 5.91 Å². The number of halogens is 2. The van der Waals surface area contributed by atoms with Crippen molar-refractivity contribution in [3.05, 3.63) is 45.8 Å². The van der Waals surface area contributed by atoms with E-state index in [1.54, 1.807) is 24.3 Å². The van der Waals surface area contributed by atoms with Crippen LogP contribution in [0, 0.1) is 5.92 Å². The summed E-state index contributed by atoms with van der Waals surface area (Å²) >= 11 is 9.33. The van der Waals surface area contributed by atoms with Gasteiger partial charge in [0.15, 0.2) is 10.4 Å². The number of carbonyl (C=O) groups excluding carboxylic acids is 2. The van der Waals surface area contributed by atoms with Gasteiger partial charge in [0, 0.05) is 37.1 Å². The summed E-state index contributed by atoms with van der Waals surface area (Å²) in [5.74, 6) is 0.0233. The molecule has 1 aromatic heterocycles. The average Bonchev–Trinajstić information content (AvgIpc) is 3.08. The van der Waals surface area contributed by atoms with Crippen molar-refractivity contribution in [1.82, 2.24) is 4.90 Å². The first-order valence-electron chi connectivity index (χ1n) is 8.75. The van der Waals surface area contributed by atoms with Crippen molar-refractivity contribution < 1.29 is 14.0 Å². The van der Waals surface area contributed by atoms with Gasteiger partial charge in [-0.2, -0.15) is 0 Å². The van der Waals surface area contributed by atoms with Crippen LogP contribution < -0.4 is 10.2 Å². The van der Waals surface area contributed by atoms with E-state index in [0.29, 0.717) is 41.6 Å². The molecule has 1 N–H and O–H groups in total. The van der Waals surface area contributed by atoms with Crippen molar-refractivity contribution in [3.63, 3.8) is 0 Å². The number of furan rings is 1. The van der Waals surface area contributed by atoms with Gasteiger partial charge >= 0.3 is 0 Å². The van der Waals surface area contributed by atoms with E-state index in [2.05, 4.69) is 26.1 Å². The van der Waals surface area contributed by atoms with E-state index in [-0.39, 0.29) is 23.5 Å². The van der Waals surface area contributed by atoms with Gasteiger partial charge in [-0.15, -0.1) is 0 Å². The molecule has 0 saturated carbocycles. The van der Waals surface area contributed by atoms with E-state index < -0.39 is 0 Å². The Hall–Kier alpha value is -1.99. The van der Waals surface area contributed by atoms with E-state index >= 15 is 0 Å². The molecule has 0 unspecified atom stereocenters. The minimum absolute atomic E-state index is 0.00505. The molecule has 2 heterocycles. The van der Waals surface area contributed by atoms with Crippen molar-refractivity contribution in [2.24, 2.45) is 5.92 Å². The zero-order valence-corrected chi connectivity index (χ0v) is 17.5. The lowest BCUT2D eigenvalue weighted by atomic mass is 10.1. The zero-order chi connectivity index (χ0) is 19.6. The molecule has 8 heteroatoms. The van der Waals surface area contributed by atoms with Crippen LogP contribution in [0.1, 0.15) is 24.4 Å². The highest BCUT2D eigenvalue weighted by atomic mass is 79.9. The van der Waals surface area contributed by atoms with Crippen LogP contribution in [0.2, 0.25) is 5.02 Å². The van der Waals surface area contributed by atoms with Gasteiger partial charge in [-0.3, -0.25) is 9.59 Å². The van der Waals surface area contributed by atoms with Gasteiger partial charge < -0.3 is 19.5 Å².